The summed E-state index contributed by atoms with van der Waals surface area (Å²) >= 11 is 0. The zero-order valence-corrected chi connectivity index (χ0v) is 25.7. The van der Waals surface area contributed by atoms with Gasteiger partial charge in [0.2, 0.25) is 0 Å². The molecule has 5 heteroatoms. The SMILES string of the molecule is c1ccc(C2=NC(c3c(-c4cccc5oc6ccccc6c45)ccc4oc5ccccc5c34)N=C(c3ccc4ccccc4c3)N2)cc1. The molecule has 1 aliphatic rings. The Hall–Kier alpha value is -6.46. The maximum absolute atomic E-state index is 6.46. The molecule has 48 heavy (non-hydrogen) atoms. The summed E-state index contributed by atoms with van der Waals surface area (Å²) in [7, 11) is 0. The van der Waals surface area contributed by atoms with Crippen LogP contribution in [0.5, 0.6) is 0 Å². The summed E-state index contributed by atoms with van der Waals surface area (Å²) in [5.74, 6) is 1.53. The Morgan fingerprint density at radius 2 is 1.06 bits per heavy atom. The fraction of sp³-hybridized carbons (Fsp3) is 0.0233. The Labute approximate surface area is 275 Å². The van der Waals surface area contributed by atoms with Crippen LogP contribution >= 0.6 is 0 Å². The van der Waals surface area contributed by atoms with Gasteiger partial charge in [0.05, 0.1) is 0 Å². The van der Waals surface area contributed by atoms with E-state index < -0.39 is 6.17 Å². The Morgan fingerprint density at radius 3 is 1.85 bits per heavy atom. The zero-order valence-electron chi connectivity index (χ0n) is 25.7. The normalized spacial score (nSPS) is 14.9. The second-order valence-corrected chi connectivity index (χ2v) is 12.2. The Morgan fingerprint density at radius 1 is 0.438 bits per heavy atom. The van der Waals surface area contributed by atoms with Crippen LogP contribution in [0.2, 0.25) is 0 Å². The van der Waals surface area contributed by atoms with Crippen molar-refractivity contribution in [2.45, 2.75) is 6.17 Å². The van der Waals surface area contributed by atoms with Crippen LogP contribution in [0.15, 0.2) is 170 Å². The van der Waals surface area contributed by atoms with Crippen molar-refractivity contribution in [1.29, 1.82) is 0 Å². The lowest BCUT2D eigenvalue weighted by molar-refractivity contribution is 0.667. The van der Waals surface area contributed by atoms with Crippen molar-refractivity contribution in [1.82, 2.24) is 5.32 Å². The number of furan rings is 2. The average molecular weight is 618 g/mol. The number of hydrogen-bond donors (Lipinski definition) is 1. The van der Waals surface area contributed by atoms with Gasteiger partial charge in [-0.05, 0) is 52.2 Å². The van der Waals surface area contributed by atoms with E-state index in [2.05, 4.69) is 108 Å². The van der Waals surface area contributed by atoms with E-state index in [0.29, 0.717) is 0 Å². The largest absolute Gasteiger partial charge is 0.456 e. The minimum absolute atomic E-state index is 0.573. The molecular formula is C43H27N3O2. The zero-order chi connectivity index (χ0) is 31.6. The molecule has 0 aliphatic carbocycles. The summed E-state index contributed by atoms with van der Waals surface area (Å²) in [5.41, 5.74) is 8.42. The summed E-state index contributed by atoms with van der Waals surface area (Å²) < 4.78 is 12.8. The van der Waals surface area contributed by atoms with Crippen LogP contribution in [0.1, 0.15) is 22.9 Å². The summed E-state index contributed by atoms with van der Waals surface area (Å²) in [4.78, 5) is 10.8. The van der Waals surface area contributed by atoms with E-state index in [1.165, 1.54) is 5.39 Å². The lowest BCUT2D eigenvalue weighted by Gasteiger charge is -2.24. The van der Waals surface area contributed by atoms with Crippen LogP contribution in [0, 0.1) is 0 Å². The minimum atomic E-state index is -0.573. The summed E-state index contributed by atoms with van der Waals surface area (Å²) in [6, 6.07) is 52.1. The summed E-state index contributed by atoms with van der Waals surface area (Å²) in [6.45, 7) is 0. The quantitative estimate of drug-likeness (QED) is 0.214. The maximum atomic E-state index is 6.46. The number of para-hydroxylation sites is 2. The highest BCUT2D eigenvalue weighted by molar-refractivity contribution is 6.18. The highest BCUT2D eigenvalue weighted by Gasteiger charge is 2.28. The van der Waals surface area contributed by atoms with Crippen molar-refractivity contribution in [3.8, 4) is 11.1 Å². The predicted molar refractivity (Wildman–Crippen MR) is 196 cm³/mol. The molecule has 0 radical (unpaired) electrons. The van der Waals surface area contributed by atoms with Crippen molar-refractivity contribution in [3.05, 3.63) is 168 Å². The number of rotatable bonds is 4. The van der Waals surface area contributed by atoms with Gasteiger partial charge in [-0.2, -0.15) is 0 Å². The van der Waals surface area contributed by atoms with E-state index in [0.717, 1.165) is 88.8 Å². The number of aliphatic imine (C=N–C) groups is 2. The van der Waals surface area contributed by atoms with Gasteiger partial charge in [0.15, 0.2) is 6.17 Å². The van der Waals surface area contributed by atoms with Crippen LogP contribution in [-0.2, 0) is 0 Å². The molecule has 1 aliphatic heterocycles. The van der Waals surface area contributed by atoms with Gasteiger partial charge in [0, 0.05) is 38.2 Å². The van der Waals surface area contributed by atoms with Gasteiger partial charge < -0.3 is 14.2 Å². The third-order valence-electron chi connectivity index (χ3n) is 9.34. The van der Waals surface area contributed by atoms with Crippen molar-refractivity contribution < 1.29 is 8.83 Å². The number of nitrogens with zero attached hydrogens (tertiary/aromatic N) is 2. The molecule has 0 amide bonds. The van der Waals surface area contributed by atoms with Gasteiger partial charge in [0.1, 0.15) is 34.0 Å². The smallest absolute Gasteiger partial charge is 0.171 e. The van der Waals surface area contributed by atoms with Gasteiger partial charge in [-0.3, -0.25) is 0 Å². The van der Waals surface area contributed by atoms with Gasteiger partial charge in [0.25, 0.3) is 0 Å². The molecule has 7 aromatic carbocycles. The van der Waals surface area contributed by atoms with Gasteiger partial charge in [-0.15, -0.1) is 0 Å². The first-order chi connectivity index (χ1) is 23.8. The van der Waals surface area contributed by atoms with Gasteiger partial charge in [-0.1, -0.05) is 121 Å². The maximum Gasteiger partial charge on any atom is 0.171 e. The molecule has 10 rings (SSSR count). The molecule has 9 aromatic rings. The number of nitrogens with one attached hydrogen (secondary N) is 1. The lowest BCUT2D eigenvalue weighted by Crippen LogP contribution is -2.36. The molecule has 2 aromatic heterocycles. The number of amidine groups is 2. The monoisotopic (exact) mass is 617 g/mol. The second kappa shape index (κ2) is 10.5. The van der Waals surface area contributed by atoms with Crippen molar-refractivity contribution in [3.63, 3.8) is 0 Å². The lowest BCUT2D eigenvalue weighted by atomic mass is 9.91. The molecule has 0 bridgehead atoms. The topological polar surface area (TPSA) is 63.0 Å². The van der Waals surface area contributed by atoms with Crippen LogP contribution in [0.25, 0.3) is 65.8 Å². The average Bonchev–Trinajstić information content (AvgIpc) is 3.73. The molecule has 1 atom stereocenters. The summed E-state index contributed by atoms with van der Waals surface area (Å²) in [6.07, 6.45) is -0.573. The van der Waals surface area contributed by atoms with Crippen LogP contribution in [0.3, 0.4) is 0 Å². The van der Waals surface area contributed by atoms with E-state index >= 15 is 0 Å². The second-order valence-electron chi connectivity index (χ2n) is 12.2. The third-order valence-corrected chi connectivity index (χ3v) is 9.34. The number of fused-ring (bicyclic) bond motifs is 7. The molecule has 0 fully saturated rings. The highest BCUT2D eigenvalue weighted by Crippen LogP contribution is 2.45. The number of benzene rings is 7. The van der Waals surface area contributed by atoms with E-state index in [1.54, 1.807) is 0 Å². The molecule has 0 spiro atoms. The molecule has 1 unspecified atom stereocenters. The minimum Gasteiger partial charge on any atom is -0.456 e. The standard InChI is InChI=1S/C43H27N3O2/c1-2-12-27(13-3-1)41-44-42(29-22-21-26-11-4-5-14-28(26)25-29)46-43(45-41)40-31(23-24-37-39(40)33-16-7-9-19-35(33)48-37)30-17-10-20-36-38(30)32-15-6-8-18-34(32)47-36/h1-25,43H,(H,44,45,46). The molecule has 226 valence electrons. The van der Waals surface area contributed by atoms with E-state index in [9.17, 15) is 0 Å². The predicted octanol–water partition coefficient (Wildman–Crippen LogP) is 10.8. The molecule has 5 nitrogen and oxygen atoms in total. The fourth-order valence-corrected chi connectivity index (χ4v) is 7.15. The first-order valence-corrected chi connectivity index (χ1v) is 16.1. The first kappa shape index (κ1) is 26.7. The highest BCUT2D eigenvalue weighted by atomic mass is 16.3. The fourth-order valence-electron chi connectivity index (χ4n) is 7.15. The molecule has 3 heterocycles. The van der Waals surface area contributed by atoms with Gasteiger partial charge in [-0.25, -0.2) is 9.98 Å². The van der Waals surface area contributed by atoms with Crippen LogP contribution in [-0.4, -0.2) is 11.7 Å². The summed E-state index contributed by atoms with van der Waals surface area (Å²) in [5, 5.41) is 10.1. The van der Waals surface area contributed by atoms with Crippen molar-refractivity contribution in [2.24, 2.45) is 9.98 Å². The Balaban J connectivity index is 1.29. The van der Waals surface area contributed by atoms with Crippen LogP contribution < -0.4 is 5.32 Å². The van der Waals surface area contributed by atoms with Crippen LogP contribution in [0.4, 0.5) is 0 Å². The Kier molecular flexibility index (Phi) is 5.87. The molecule has 0 saturated heterocycles. The number of hydrogen-bond acceptors (Lipinski definition) is 5. The molecular weight excluding hydrogens is 590 g/mol. The van der Waals surface area contributed by atoms with E-state index in [-0.39, 0.29) is 0 Å². The third kappa shape index (κ3) is 4.18. The molecule has 1 N–H and O–H groups in total. The Bertz CT molecular complexity index is 2770. The van der Waals surface area contributed by atoms with E-state index in [1.807, 2.05) is 48.5 Å². The molecule has 0 saturated carbocycles. The van der Waals surface area contributed by atoms with Crippen molar-refractivity contribution >= 4 is 66.3 Å². The van der Waals surface area contributed by atoms with Gasteiger partial charge >= 0.3 is 0 Å². The first-order valence-electron chi connectivity index (χ1n) is 16.1. The van der Waals surface area contributed by atoms with Crippen molar-refractivity contribution in [2.75, 3.05) is 0 Å². The van der Waals surface area contributed by atoms with E-state index in [4.69, 9.17) is 18.8 Å².